The number of hydrogen-bond acceptors (Lipinski definition) is 3. The number of nitrogens with zero attached hydrogens (tertiary/aromatic N) is 1. The molecular formula is C16H3F30NO4S. The van der Waals surface area contributed by atoms with Gasteiger partial charge in [-0.2, -0.15) is 132 Å². The van der Waals surface area contributed by atoms with Gasteiger partial charge >= 0.3 is 88.8 Å². The lowest BCUT2D eigenvalue weighted by Crippen LogP contribution is -2.77. The Morgan fingerprint density at radius 3 is 0.827 bits per heavy atom. The molecule has 0 rings (SSSR count). The fourth-order valence-corrected chi connectivity index (χ4v) is 4.25. The van der Waals surface area contributed by atoms with Crippen molar-refractivity contribution in [3.63, 3.8) is 0 Å². The molecular weight excluding hydrogens is 872 g/mol. The number of hydrogen-bond donors (Lipinski definition) is 1. The fraction of sp³-hybridized carbons (Fsp3) is 0.938. The standard InChI is InChI=1S/C16H3F30NO4S/c17-3(18,5(21,22)9(29,30)13(37,38)39)4(19,20)7(25,26)11(33,34)15(43,44)47(1-2(48)49)52(50,51)16(45,46)12(35,36)8(27,28)6(23,24)10(31,32)14(40,41)42/h1H2,(H,48,49). The van der Waals surface area contributed by atoms with Crippen LogP contribution in [0.25, 0.3) is 0 Å². The highest BCUT2D eigenvalue weighted by Gasteiger charge is 2.97. The summed E-state index contributed by atoms with van der Waals surface area (Å²) in [4.78, 5) is 10.6. The predicted octanol–water partition coefficient (Wildman–Crippen LogP) is 8.37. The first kappa shape index (κ1) is 49.3. The molecule has 0 fully saturated rings. The van der Waals surface area contributed by atoms with Gasteiger partial charge in [0.15, 0.2) is 0 Å². The smallest absolute Gasteiger partial charge is 0.460 e. The van der Waals surface area contributed by atoms with Gasteiger partial charge in [-0.3, -0.25) is 4.79 Å². The Kier molecular flexibility index (Phi) is 11.5. The number of carbonyl (C=O) groups is 1. The number of aliphatic carboxylic acids is 1. The maximum atomic E-state index is 14.4. The number of carboxylic acid groups (broad SMARTS) is 1. The maximum absolute atomic E-state index is 14.4. The van der Waals surface area contributed by atoms with Crippen LogP contribution in [0.1, 0.15) is 0 Å². The van der Waals surface area contributed by atoms with Gasteiger partial charge in [0.1, 0.15) is 6.54 Å². The third-order valence-corrected chi connectivity index (χ3v) is 7.66. The van der Waals surface area contributed by atoms with Crippen LogP contribution in [-0.4, -0.2) is 113 Å². The summed E-state index contributed by atoms with van der Waals surface area (Å²) in [6.45, 7) is -4.60. The summed E-state index contributed by atoms with van der Waals surface area (Å²) in [5.41, 5.74) is 0. The van der Waals surface area contributed by atoms with E-state index >= 15 is 0 Å². The van der Waals surface area contributed by atoms with Gasteiger partial charge in [0.05, 0.1) is 0 Å². The Morgan fingerprint density at radius 1 is 0.385 bits per heavy atom. The van der Waals surface area contributed by atoms with Crippen molar-refractivity contribution in [1.29, 1.82) is 0 Å². The van der Waals surface area contributed by atoms with Crippen LogP contribution in [0.2, 0.25) is 0 Å². The number of alkyl halides is 30. The van der Waals surface area contributed by atoms with Crippen LogP contribution in [0.15, 0.2) is 0 Å². The summed E-state index contributed by atoms with van der Waals surface area (Å²) in [6, 6.07) is -9.23. The van der Waals surface area contributed by atoms with Crippen molar-refractivity contribution in [2.24, 2.45) is 0 Å². The minimum Gasteiger partial charge on any atom is -0.480 e. The molecule has 0 aromatic carbocycles. The Hall–Kier alpha value is -2.72. The highest BCUT2D eigenvalue weighted by Crippen LogP contribution is 2.66. The SMILES string of the molecule is O=C(O)CN(C(F)(F)C(F)(F)C(F)(F)C(F)(F)C(F)(F)C(F)(F)C(F)(F)C(F)(F)F)S(=O)(=O)C(F)(F)C(F)(F)C(F)(F)C(F)(F)C(F)(F)C(F)(F)F. The van der Waals surface area contributed by atoms with Crippen molar-refractivity contribution in [1.82, 2.24) is 4.31 Å². The number of carboxylic acids is 1. The lowest BCUT2D eigenvalue weighted by atomic mass is 9.90. The molecule has 5 nitrogen and oxygen atoms in total. The normalized spacial score (nSPS) is 16.8. The van der Waals surface area contributed by atoms with Crippen LogP contribution in [0, 0.1) is 0 Å². The first-order chi connectivity index (χ1) is 21.8. The van der Waals surface area contributed by atoms with E-state index in [1.165, 1.54) is 0 Å². The zero-order chi connectivity index (χ0) is 43.4. The molecule has 36 heteroatoms. The molecule has 0 heterocycles. The summed E-state index contributed by atoms with van der Waals surface area (Å²) in [6.07, 6.45) is -16.6. The minimum atomic E-state index is -10.1. The Morgan fingerprint density at radius 2 is 0.596 bits per heavy atom. The summed E-state index contributed by atoms with van der Waals surface area (Å²) < 4.78 is 420. The maximum Gasteiger partial charge on any atom is 0.460 e. The monoisotopic (exact) mass is 875 g/mol. The molecule has 0 aromatic rings. The van der Waals surface area contributed by atoms with E-state index in [2.05, 4.69) is 0 Å². The van der Waals surface area contributed by atoms with Crippen LogP contribution in [0.5, 0.6) is 0 Å². The van der Waals surface area contributed by atoms with E-state index in [4.69, 9.17) is 5.11 Å². The van der Waals surface area contributed by atoms with Crippen molar-refractivity contribution < 1.29 is 150 Å². The molecule has 0 unspecified atom stereocenters. The summed E-state index contributed by atoms with van der Waals surface area (Å²) >= 11 is 0. The molecule has 0 aliphatic heterocycles. The van der Waals surface area contributed by atoms with Gasteiger partial charge in [-0.15, -0.1) is 4.31 Å². The van der Waals surface area contributed by atoms with E-state index in [-0.39, 0.29) is 0 Å². The van der Waals surface area contributed by atoms with E-state index in [0.29, 0.717) is 0 Å². The molecule has 0 spiro atoms. The first-order valence-electron chi connectivity index (χ1n) is 10.7. The van der Waals surface area contributed by atoms with Crippen molar-refractivity contribution in [2.75, 3.05) is 6.54 Å². The van der Waals surface area contributed by atoms with E-state index in [1.807, 2.05) is 0 Å². The van der Waals surface area contributed by atoms with Crippen LogP contribution in [0.3, 0.4) is 0 Å². The lowest BCUT2D eigenvalue weighted by Gasteiger charge is -2.45. The molecule has 0 amide bonds. The zero-order valence-electron chi connectivity index (χ0n) is 22.1. The van der Waals surface area contributed by atoms with Crippen molar-refractivity contribution in [3.05, 3.63) is 0 Å². The van der Waals surface area contributed by atoms with Crippen LogP contribution in [0.4, 0.5) is 132 Å². The van der Waals surface area contributed by atoms with E-state index < -0.39 is 110 Å². The van der Waals surface area contributed by atoms with Gasteiger partial charge in [-0.25, -0.2) is 8.42 Å². The number of sulfonamides is 1. The van der Waals surface area contributed by atoms with E-state index in [1.54, 1.807) is 0 Å². The van der Waals surface area contributed by atoms with Crippen molar-refractivity contribution in [3.8, 4) is 0 Å². The predicted molar refractivity (Wildman–Crippen MR) is 94.7 cm³/mol. The van der Waals surface area contributed by atoms with Gasteiger partial charge in [0, 0.05) is 0 Å². The Balaban J connectivity index is 7.97. The summed E-state index contributed by atoms with van der Waals surface area (Å²) in [5, 5.41) is -1.11. The average molecular weight is 875 g/mol. The number of rotatable bonds is 15. The molecule has 0 saturated carbocycles. The van der Waals surface area contributed by atoms with Gasteiger partial charge in [0.2, 0.25) is 0 Å². The molecule has 0 aliphatic rings. The van der Waals surface area contributed by atoms with Crippen LogP contribution < -0.4 is 0 Å². The molecule has 1 N–H and O–H groups in total. The summed E-state index contributed by atoms with van der Waals surface area (Å²) in [5.74, 6) is -97.8. The molecule has 0 aliphatic carbocycles. The Bertz CT molecular complexity index is 1460. The molecule has 0 aromatic heterocycles. The summed E-state index contributed by atoms with van der Waals surface area (Å²) in [7, 11) is -10.1. The van der Waals surface area contributed by atoms with Crippen molar-refractivity contribution in [2.45, 2.75) is 82.9 Å². The second kappa shape index (κ2) is 12.1. The van der Waals surface area contributed by atoms with Gasteiger partial charge in [0.25, 0.3) is 10.0 Å². The van der Waals surface area contributed by atoms with Crippen LogP contribution in [-0.2, 0) is 14.8 Å². The minimum absolute atomic E-state index is 4.07. The molecule has 0 atom stereocenters. The largest absolute Gasteiger partial charge is 0.480 e. The van der Waals surface area contributed by atoms with Gasteiger partial charge in [-0.05, 0) is 0 Å². The molecule has 52 heavy (non-hydrogen) atoms. The quantitative estimate of drug-likeness (QED) is 0.133. The zero-order valence-corrected chi connectivity index (χ0v) is 22.9. The molecule has 312 valence electrons. The van der Waals surface area contributed by atoms with Gasteiger partial charge < -0.3 is 5.11 Å². The molecule has 0 radical (unpaired) electrons. The first-order valence-corrected chi connectivity index (χ1v) is 12.2. The third kappa shape index (κ3) is 5.97. The second-order valence-electron chi connectivity index (χ2n) is 9.20. The second-order valence-corrected chi connectivity index (χ2v) is 11.1. The van der Waals surface area contributed by atoms with Crippen molar-refractivity contribution >= 4 is 16.0 Å². The van der Waals surface area contributed by atoms with Gasteiger partial charge in [-0.1, -0.05) is 0 Å². The highest BCUT2D eigenvalue weighted by atomic mass is 32.2. The van der Waals surface area contributed by atoms with E-state index in [0.717, 1.165) is 0 Å². The number of halogens is 30. The average Bonchev–Trinajstić information content (AvgIpc) is 2.88. The molecule has 0 saturated heterocycles. The third-order valence-electron chi connectivity index (χ3n) is 5.82. The Labute approximate surface area is 261 Å². The fourth-order valence-electron chi connectivity index (χ4n) is 2.83. The lowest BCUT2D eigenvalue weighted by molar-refractivity contribution is -0.465. The topological polar surface area (TPSA) is 74.7 Å². The molecule has 0 bridgehead atoms. The van der Waals surface area contributed by atoms with E-state index in [9.17, 15) is 145 Å². The van der Waals surface area contributed by atoms with Crippen LogP contribution >= 0.6 is 0 Å². The highest BCUT2D eigenvalue weighted by molar-refractivity contribution is 7.90.